The van der Waals surface area contributed by atoms with E-state index < -0.39 is 0 Å². The molecule has 0 unspecified atom stereocenters. The Hall–Kier alpha value is -2.36. The van der Waals surface area contributed by atoms with Gasteiger partial charge in [0.2, 0.25) is 5.56 Å². The zero-order valence-electron chi connectivity index (χ0n) is 9.34. The molecule has 0 amide bonds. The Balaban J connectivity index is 2.38. The number of nitrogens with zero attached hydrogens (tertiary/aromatic N) is 2. The third-order valence-corrected chi connectivity index (χ3v) is 2.75. The monoisotopic (exact) mass is 225 g/mol. The third-order valence-electron chi connectivity index (χ3n) is 2.75. The van der Waals surface area contributed by atoms with E-state index in [0.29, 0.717) is 0 Å². The minimum Gasteiger partial charge on any atom is -0.306 e. The largest absolute Gasteiger partial charge is 0.306 e. The Bertz CT molecular complexity index is 725. The van der Waals surface area contributed by atoms with Crippen LogP contribution >= 0.6 is 0 Å². The maximum absolute atomic E-state index is 11.4. The number of hydrogen-bond donors (Lipinski definition) is 1. The fourth-order valence-electron chi connectivity index (χ4n) is 1.93. The summed E-state index contributed by atoms with van der Waals surface area (Å²) in [6, 6.07) is 13.1. The molecule has 0 spiro atoms. The molecule has 0 aliphatic rings. The number of aromatic amines is 1. The van der Waals surface area contributed by atoms with Crippen molar-refractivity contribution in [3.8, 4) is 5.69 Å². The molecule has 84 valence electrons. The standard InChI is InChI=1S/C13H11N3O/c1-9-11-7-8-12(17)14-13(11)16(15-9)10-5-3-2-4-6-10/h2-8H,1H3,(H,14,17). The predicted molar refractivity (Wildman–Crippen MR) is 66.4 cm³/mol. The van der Waals surface area contributed by atoms with E-state index in [0.717, 1.165) is 22.4 Å². The second kappa shape index (κ2) is 3.59. The van der Waals surface area contributed by atoms with Crippen molar-refractivity contribution in [1.29, 1.82) is 0 Å². The van der Waals surface area contributed by atoms with E-state index in [9.17, 15) is 4.79 Å². The fraction of sp³-hybridized carbons (Fsp3) is 0.0769. The van der Waals surface area contributed by atoms with Crippen LogP contribution in [0.25, 0.3) is 16.7 Å². The van der Waals surface area contributed by atoms with Gasteiger partial charge in [0.15, 0.2) is 0 Å². The summed E-state index contributed by atoms with van der Waals surface area (Å²) in [5.74, 6) is 0. The number of benzene rings is 1. The lowest BCUT2D eigenvalue weighted by atomic mass is 10.3. The first-order valence-corrected chi connectivity index (χ1v) is 5.40. The molecule has 0 aliphatic heterocycles. The Morgan fingerprint density at radius 3 is 2.65 bits per heavy atom. The molecule has 4 nitrogen and oxygen atoms in total. The Morgan fingerprint density at radius 1 is 1.12 bits per heavy atom. The lowest BCUT2D eigenvalue weighted by Gasteiger charge is -2.01. The van der Waals surface area contributed by atoms with Crippen molar-refractivity contribution in [3.63, 3.8) is 0 Å². The van der Waals surface area contributed by atoms with E-state index in [4.69, 9.17) is 0 Å². The summed E-state index contributed by atoms with van der Waals surface area (Å²) in [7, 11) is 0. The number of aromatic nitrogens is 3. The summed E-state index contributed by atoms with van der Waals surface area (Å²) in [6.07, 6.45) is 0. The topological polar surface area (TPSA) is 50.7 Å². The quantitative estimate of drug-likeness (QED) is 0.688. The van der Waals surface area contributed by atoms with E-state index in [2.05, 4.69) is 10.1 Å². The van der Waals surface area contributed by atoms with Crippen molar-refractivity contribution in [1.82, 2.24) is 14.8 Å². The lowest BCUT2D eigenvalue weighted by molar-refractivity contribution is 0.876. The van der Waals surface area contributed by atoms with Gasteiger partial charge >= 0.3 is 0 Å². The van der Waals surface area contributed by atoms with Gasteiger partial charge in [0.25, 0.3) is 0 Å². The second-order valence-electron chi connectivity index (χ2n) is 3.92. The molecule has 2 heterocycles. The van der Waals surface area contributed by atoms with Gasteiger partial charge in [-0.2, -0.15) is 5.10 Å². The van der Waals surface area contributed by atoms with Crippen LogP contribution in [0.3, 0.4) is 0 Å². The van der Waals surface area contributed by atoms with Gasteiger partial charge in [0.05, 0.1) is 11.4 Å². The van der Waals surface area contributed by atoms with Gasteiger partial charge in [-0.1, -0.05) is 18.2 Å². The van der Waals surface area contributed by atoms with Crippen LogP contribution in [-0.4, -0.2) is 14.8 Å². The molecule has 0 fully saturated rings. The summed E-state index contributed by atoms with van der Waals surface area (Å²) in [5, 5.41) is 5.41. The van der Waals surface area contributed by atoms with Crippen molar-refractivity contribution < 1.29 is 0 Å². The van der Waals surface area contributed by atoms with Gasteiger partial charge in [0, 0.05) is 11.5 Å². The van der Waals surface area contributed by atoms with E-state index >= 15 is 0 Å². The van der Waals surface area contributed by atoms with Crippen molar-refractivity contribution in [2.24, 2.45) is 0 Å². The van der Waals surface area contributed by atoms with Gasteiger partial charge in [-0.15, -0.1) is 0 Å². The number of para-hydroxylation sites is 1. The first kappa shape index (κ1) is 9.84. The molecule has 0 radical (unpaired) electrons. The third kappa shape index (κ3) is 1.54. The lowest BCUT2D eigenvalue weighted by Crippen LogP contribution is -2.05. The molecule has 1 aromatic carbocycles. The van der Waals surface area contributed by atoms with Crippen LogP contribution in [0.15, 0.2) is 47.3 Å². The molecule has 0 saturated carbocycles. The van der Waals surface area contributed by atoms with Crippen LogP contribution in [0.4, 0.5) is 0 Å². The van der Waals surface area contributed by atoms with Gasteiger partial charge in [0.1, 0.15) is 5.65 Å². The summed E-state index contributed by atoms with van der Waals surface area (Å²) in [5.41, 5.74) is 2.46. The highest BCUT2D eigenvalue weighted by atomic mass is 16.1. The van der Waals surface area contributed by atoms with Crippen molar-refractivity contribution in [2.75, 3.05) is 0 Å². The summed E-state index contributed by atoms with van der Waals surface area (Å²) < 4.78 is 1.76. The molecule has 1 N–H and O–H groups in total. The molecule has 2 aromatic heterocycles. The summed E-state index contributed by atoms with van der Waals surface area (Å²) >= 11 is 0. The number of pyridine rings is 1. The highest BCUT2D eigenvalue weighted by Gasteiger charge is 2.08. The molecule has 3 aromatic rings. The minimum atomic E-state index is -0.116. The van der Waals surface area contributed by atoms with Crippen LogP contribution in [0, 0.1) is 6.92 Å². The average molecular weight is 225 g/mol. The van der Waals surface area contributed by atoms with E-state index in [1.807, 2.05) is 37.3 Å². The van der Waals surface area contributed by atoms with Crippen LogP contribution in [0.1, 0.15) is 5.69 Å². The number of rotatable bonds is 1. The molecule has 3 rings (SSSR count). The molecular formula is C13H11N3O. The normalized spacial score (nSPS) is 10.9. The zero-order chi connectivity index (χ0) is 11.8. The molecule has 0 aliphatic carbocycles. The van der Waals surface area contributed by atoms with Gasteiger partial charge < -0.3 is 4.98 Å². The van der Waals surface area contributed by atoms with Crippen LogP contribution in [-0.2, 0) is 0 Å². The maximum atomic E-state index is 11.4. The summed E-state index contributed by atoms with van der Waals surface area (Å²) in [6.45, 7) is 1.93. The zero-order valence-corrected chi connectivity index (χ0v) is 9.34. The maximum Gasteiger partial charge on any atom is 0.249 e. The first-order chi connectivity index (χ1) is 8.25. The van der Waals surface area contributed by atoms with E-state index in [-0.39, 0.29) is 5.56 Å². The molecule has 0 bridgehead atoms. The smallest absolute Gasteiger partial charge is 0.249 e. The van der Waals surface area contributed by atoms with Crippen LogP contribution in [0.5, 0.6) is 0 Å². The van der Waals surface area contributed by atoms with Crippen LogP contribution < -0.4 is 5.56 Å². The van der Waals surface area contributed by atoms with E-state index in [1.54, 1.807) is 10.7 Å². The molecular weight excluding hydrogens is 214 g/mol. The number of aryl methyl sites for hydroxylation is 1. The SMILES string of the molecule is Cc1nn(-c2ccccc2)c2[nH]c(=O)ccc12. The number of hydrogen-bond acceptors (Lipinski definition) is 2. The Labute approximate surface area is 97.5 Å². The highest BCUT2D eigenvalue weighted by Crippen LogP contribution is 2.17. The van der Waals surface area contributed by atoms with Crippen LogP contribution in [0.2, 0.25) is 0 Å². The molecule has 0 saturated heterocycles. The number of fused-ring (bicyclic) bond motifs is 1. The molecule has 17 heavy (non-hydrogen) atoms. The minimum absolute atomic E-state index is 0.116. The van der Waals surface area contributed by atoms with Gasteiger partial charge in [-0.25, -0.2) is 4.68 Å². The van der Waals surface area contributed by atoms with Crippen molar-refractivity contribution in [3.05, 3.63) is 58.5 Å². The van der Waals surface area contributed by atoms with Gasteiger partial charge in [-0.05, 0) is 25.1 Å². The van der Waals surface area contributed by atoms with E-state index in [1.165, 1.54) is 6.07 Å². The van der Waals surface area contributed by atoms with Crippen molar-refractivity contribution in [2.45, 2.75) is 6.92 Å². The first-order valence-electron chi connectivity index (χ1n) is 5.40. The molecule has 4 heteroatoms. The highest BCUT2D eigenvalue weighted by molar-refractivity contribution is 5.79. The second-order valence-corrected chi connectivity index (χ2v) is 3.92. The Morgan fingerprint density at radius 2 is 1.88 bits per heavy atom. The number of H-pyrrole nitrogens is 1. The van der Waals surface area contributed by atoms with Crippen molar-refractivity contribution >= 4 is 11.0 Å². The molecule has 0 atom stereocenters. The predicted octanol–water partition coefficient (Wildman–Crippen LogP) is 2.02. The Kier molecular flexibility index (Phi) is 2.08. The summed E-state index contributed by atoms with van der Waals surface area (Å²) in [4.78, 5) is 14.2. The van der Waals surface area contributed by atoms with Gasteiger partial charge in [-0.3, -0.25) is 4.79 Å². The number of nitrogens with one attached hydrogen (secondary N) is 1. The average Bonchev–Trinajstić information content (AvgIpc) is 2.67. The fourth-order valence-corrected chi connectivity index (χ4v) is 1.93.